The van der Waals surface area contributed by atoms with E-state index in [1.54, 1.807) is 18.3 Å². The van der Waals surface area contributed by atoms with Gasteiger partial charge in [0.2, 0.25) is 0 Å². The Morgan fingerprint density at radius 2 is 2.20 bits per heavy atom. The number of rotatable bonds is 7. The molecule has 2 rings (SSSR count). The van der Waals surface area contributed by atoms with Gasteiger partial charge in [-0.25, -0.2) is 0 Å². The molecule has 5 nitrogen and oxygen atoms in total. The van der Waals surface area contributed by atoms with Gasteiger partial charge in [-0.05, 0) is 37.9 Å². The van der Waals surface area contributed by atoms with Gasteiger partial charge in [-0.15, -0.1) is 0 Å². The summed E-state index contributed by atoms with van der Waals surface area (Å²) in [4.78, 5) is 28.9. The number of Topliss-reactive ketones (excluding diaryl/α,β-unsaturated/α-hetero) is 1. The quantitative estimate of drug-likeness (QED) is 0.771. The third-order valence-corrected chi connectivity index (χ3v) is 3.77. The van der Waals surface area contributed by atoms with E-state index in [1.807, 2.05) is 6.07 Å². The van der Waals surface area contributed by atoms with E-state index >= 15 is 0 Å². The highest BCUT2D eigenvalue weighted by atomic mass is 16.4. The molecule has 0 saturated carbocycles. The SMILES string of the molecule is O=C(O)CCC1CCCN1CCC(=O)c1ccccn1. The van der Waals surface area contributed by atoms with Crippen molar-refractivity contribution in [1.82, 2.24) is 9.88 Å². The highest BCUT2D eigenvalue weighted by molar-refractivity contribution is 5.94. The van der Waals surface area contributed by atoms with Crippen molar-refractivity contribution >= 4 is 11.8 Å². The Kier molecular flexibility index (Phi) is 5.24. The fraction of sp³-hybridized carbons (Fsp3) is 0.533. The first-order valence-corrected chi connectivity index (χ1v) is 7.07. The highest BCUT2D eigenvalue weighted by Gasteiger charge is 2.25. The van der Waals surface area contributed by atoms with Gasteiger partial charge in [0, 0.05) is 31.6 Å². The Bertz CT molecular complexity index is 461. The average Bonchev–Trinajstić information content (AvgIpc) is 2.91. The van der Waals surface area contributed by atoms with Crippen LogP contribution in [0.1, 0.15) is 42.6 Å². The maximum atomic E-state index is 12.0. The smallest absolute Gasteiger partial charge is 0.303 e. The number of aliphatic carboxylic acids is 1. The molecule has 0 aliphatic carbocycles. The number of carboxylic acids is 1. The number of nitrogens with zero attached hydrogens (tertiary/aromatic N) is 2. The standard InChI is InChI=1S/C15H20N2O3/c18-14(13-5-1-2-9-16-13)8-11-17-10-3-4-12(17)6-7-15(19)20/h1-2,5,9,12H,3-4,6-8,10-11H2,(H,19,20). The molecule has 0 bridgehead atoms. The van der Waals surface area contributed by atoms with Crippen LogP contribution in [0.25, 0.3) is 0 Å². The maximum absolute atomic E-state index is 12.0. The van der Waals surface area contributed by atoms with Gasteiger partial charge in [-0.1, -0.05) is 6.07 Å². The van der Waals surface area contributed by atoms with Crippen LogP contribution in [0.15, 0.2) is 24.4 Å². The monoisotopic (exact) mass is 276 g/mol. The second kappa shape index (κ2) is 7.14. The Labute approximate surface area is 118 Å². The molecule has 5 heteroatoms. The molecular weight excluding hydrogens is 256 g/mol. The van der Waals surface area contributed by atoms with Crippen LogP contribution in [0.5, 0.6) is 0 Å². The van der Waals surface area contributed by atoms with Gasteiger partial charge >= 0.3 is 5.97 Å². The van der Waals surface area contributed by atoms with Crippen LogP contribution in [0.3, 0.4) is 0 Å². The van der Waals surface area contributed by atoms with Crippen molar-refractivity contribution < 1.29 is 14.7 Å². The minimum Gasteiger partial charge on any atom is -0.481 e. The van der Waals surface area contributed by atoms with Crippen LogP contribution < -0.4 is 0 Å². The Hall–Kier alpha value is -1.75. The van der Waals surface area contributed by atoms with Crippen molar-refractivity contribution in [2.24, 2.45) is 0 Å². The lowest BCUT2D eigenvalue weighted by Gasteiger charge is -2.23. The molecule has 1 fully saturated rings. The van der Waals surface area contributed by atoms with E-state index in [0.29, 0.717) is 31.1 Å². The second-order valence-corrected chi connectivity index (χ2v) is 5.15. The minimum atomic E-state index is -0.749. The third kappa shape index (κ3) is 4.13. The molecule has 1 atom stereocenters. The van der Waals surface area contributed by atoms with Gasteiger partial charge in [-0.3, -0.25) is 19.5 Å². The van der Waals surface area contributed by atoms with Crippen molar-refractivity contribution in [3.63, 3.8) is 0 Å². The first-order valence-electron chi connectivity index (χ1n) is 7.07. The summed E-state index contributed by atoms with van der Waals surface area (Å²) in [6, 6.07) is 5.64. The lowest BCUT2D eigenvalue weighted by Crippen LogP contribution is -2.32. The molecule has 1 unspecified atom stereocenters. The van der Waals surface area contributed by atoms with E-state index in [0.717, 1.165) is 19.4 Å². The van der Waals surface area contributed by atoms with Crippen molar-refractivity contribution in [3.05, 3.63) is 30.1 Å². The van der Waals surface area contributed by atoms with E-state index in [-0.39, 0.29) is 12.2 Å². The predicted molar refractivity (Wildman–Crippen MR) is 74.6 cm³/mol. The number of likely N-dealkylation sites (tertiary alicyclic amines) is 1. The number of aromatic nitrogens is 1. The molecule has 1 aromatic rings. The van der Waals surface area contributed by atoms with Crippen LogP contribution >= 0.6 is 0 Å². The van der Waals surface area contributed by atoms with Crippen LogP contribution in [0.2, 0.25) is 0 Å². The highest BCUT2D eigenvalue weighted by Crippen LogP contribution is 2.21. The largest absolute Gasteiger partial charge is 0.481 e. The summed E-state index contributed by atoms with van der Waals surface area (Å²) in [5.74, 6) is -0.698. The summed E-state index contributed by atoms with van der Waals surface area (Å²) in [5, 5.41) is 8.75. The summed E-state index contributed by atoms with van der Waals surface area (Å²) < 4.78 is 0. The zero-order valence-electron chi connectivity index (χ0n) is 11.5. The minimum absolute atomic E-state index is 0.0504. The summed E-state index contributed by atoms with van der Waals surface area (Å²) in [7, 11) is 0. The number of hydrogen-bond acceptors (Lipinski definition) is 4. The predicted octanol–water partition coefficient (Wildman–Crippen LogP) is 1.98. The number of hydrogen-bond donors (Lipinski definition) is 1. The third-order valence-electron chi connectivity index (χ3n) is 3.77. The Morgan fingerprint density at radius 3 is 2.90 bits per heavy atom. The van der Waals surface area contributed by atoms with Crippen LogP contribution in [0.4, 0.5) is 0 Å². The van der Waals surface area contributed by atoms with Crippen molar-refractivity contribution in [1.29, 1.82) is 0 Å². The molecular formula is C15H20N2O3. The zero-order valence-corrected chi connectivity index (χ0v) is 11.5. The van der Waals surface area contributed by atoms with E-state index in [4.69, 9.17) is 5.11 Å². The van der Waals surface area contributed by atoms with Crippen LogP contribution in [-0.2, 0) is 4.79 Å². The topological polar surface area (TPSA) is 70.5 Å². The molecule has 0 radical (unpaired) electrons. The van der Waals surface area contributed by atoms with Gasteiger partial charge in [0.15, 0.2) is 5.78 Å². The summed E-state index contributed by atoms with van der Waals surface area (Å²) in [6.07, 6.45) is 5.06. The first kappa shape index (κ1) is 14.7. The van der Waals surface area contributed by atoms with Gasteiger partial charge in [-0.2, -0.15) is 0 Å². The molecule has 1 aromatic heterocycles. The van der Waals surface area contributed by atoms with Gasteiger partial charge < -0.3 is 5.11 Å². The fourth-order valence-corrected chi connectivity index (χ4v) is 2.71. The fourth-order valence-electron chi connectivity index (χ4n) is 2.71. The second-order valence-electron chi connectivity index (χ2n) is 5.15. The summed E-state index contributed by atoms with van der Waals surface area (Å²) >= 11 is 0. The number of ketones is 1. The molecule has 1 aliphatic heterocycles. The molecule has 0 spiro atoms. The Morgan fingerprint density at radius 1 is 1.35 bits per heavy atom. The lowest BCUT2D eigenvalue weighted by atomic mass is 10.1. The van der Waals surface area contributed by atoms with Gasteiger partial charge in [0.05, 0.1) is 0 Å². The maximum Gasteiger partial charge on any atom is 0.303 e. The molecule has 1 aliphatic rings. The van der Waals surface area contributed by atoms with Crippen molar-refractivity contribution in [3.8, 4) is 0 Å². The molecule has 1 saturated heterocycles. The number of carbonyl (C=O) groups excluding carboxylic acids is 1. The number of pyridine rings is 1. The van der Waals surface area contributed by atoms with Crippen molar-refractivity contribution in [2.75, 3.05) is 13.1 Å². The molecule has 0 amide bonds. The van der Waals surface area contributed by atoms with E-state index in [9.17, 15) is 9.59 Å². The average molecular weight is 276 g/mol. The lowest BCUT2D eigenvalue weighted by molar-refractivity contribution is -0.137. The number of carboxylic acid groups (broad SMARTS) is 1. The molecule has 0 aromatic carbocycles. The van der Waals surface area contributed by atoms with Crippen LogP contribution in [0, 0.1) is 0 Å². The van der Waals surface area contributed by atoms with E-state index < -0.39 is 5.97 Å². The van der Waals surface area contributed by atoms with Crippen LogP contribution in [-0.4, -0.2) is 45.9 Å². The van der Waals surface area contributed by atoms with E-state index in [1.165, 1.54) is 0 Å². The number of carbonyl (C=O) groups is 2. The molecule has 108 valence electrons. The first-order chi connectivity index (χ1) is 9.66. The normalized spacial score (nSPS) is 19.1. The molecule has 1 N–H and O–H groups in total. The summed E-state index contributed by atoms with van der Waals surface area (Å²) in [6.45, 7) is 1.65. The Balaban J connectivity index is 1.80. The van der Waals surface area contributed by atoms with Gasteiger partial charge in [0.25, 0.3) is 0 Å². The van der Waals surface area contributed by atoms with Gasteiger partial charge in [0.1, 0.15) is 5.69 Å². The molecule has 2 heterocycles. The molecule has 20 heavy (non-hydrogen) atoms. The van der Waals surface area contributed by atoms with Crippen molar-refractivity contribution in [2.45, 2.75) is 38.1 Å². The zero-order chi connectivity index (χ0) is 14.4. The van der Waals surface area contributed by atoms with E-state index in [2.05, 4.69) is 9.88 Å². The summed E-state index contributed by atoms with van der Waals surface area (Å²) in [5.41, 5.74) is 0.508.